The van der Waals surface area contributed by atoms with E-state index in [2.05, 4.69) is 10.2 Å². The third-order valence-corrected chi connectivity index (χ3v) is 4.53. The number of nitrogens with one attached hydrogen (secondary N) is 1. The van der Waals surface area contributed by atoms with Crippen molar-refractivity contribution in [2.75, 3.05) is 24.5 Å². The van der Waals surface area contributed by atoms with Gasteiger partial charge in [-0.25, -0.2) is 0 Å². The second kappa shape index (κ2) is 4.98. The number of nitrogens with zero attached hydrogens (tertiary/aromatic N) is 3. The summed E-state index contributed by atoms with van der Waals surface area (Å²) in [5.74, 6) is 0.161. The Morgan fingerprint density at radius 2 is 1.95 bits per heavy atom. The molecule has 2 aliphatic heterocycles. The topological polar surface area (TPSA) is 69.3 Å². The number of hydrogen-bond donors (Lipinski definition) is 1. The average Bonchev–Trinajstić information content (AvgIpc) is 3.25. The summed E-state index contributed by atoms with van der Waals surface area (Å²) >= 11 is 0. The summed E-state index contributed by atoms with van der Waals surface area (Å²) in [6.45, 7) is 1.79. The molecule has 3 heterocycles. The highest BCUT2D eigenvalue weighted by atomic mass is 16.2. The Balaban J connectivity index is 1.50. The normalized spacial score (nSPS) is 23.9. The van der Waals surface area contributed by atoms with Gasteiger partial charge in [-0.2, -0.15) is 5.10 Å². The first-order valence-corrected chi connectivity index (χ1v) is 7.39. The van der Waals surface area contributed by atoms with Crippen molar-refractivity contribution in [1.82, 2.24) is 15.1 Å². The fraction of sp³-hybridized carbons (Fsp3) is 0.312. The van der Waals surface area contributed by atoms with Gasteiger partial charge in [-0.3, -0.25) is 14.7 Å². The Bertz CT molecular complexity index is 698. The highest BCUT2D eigenvalue weighted by molar-refractivity contribution is 5.99. The number of rotatable bonds is 2. The van der Waals surface area contributed by atoms with Crippen molar-refractivity contribution in [3.8, 4) is 0 Å². The van der Waals surface area contributed by atoms with Gasteiger partial charge < -0.3 is 9.80 Å². The van der Waals surface area contributed by atoms with Crippen molar-refractivity contribution in [3.05, 3.63) is 48.3 Å². The lowest BCUT2D eigenvalue weighted by Crippen LogP contribution is -2.35. The molecule has 4 rings (SSSR count). The molecular formula is C16H16N4O2. The Morgan fingerprint density at radius 1 is 1.14 bits per heavy atom. The van der Waals surface area contributed by atoms with Gasteiger partial charge in [0.15, 0.2) is 0 Å². The molecule has 0 unspecified atom stereocenters. The van der Waals surface area contributed by atoms with Crippen LogP contribution in [0.4, 0.5) is 5.69 Å². The van der Waals surface area contributed by atoms with Gasteiger partial charge in [0, 0.05) is 37.4 Å². The quantitative estimate of drug-likeness (QED) is 0.903. The van der Waals surface area contributed by atoms with E-state index in [-0.39, 0.29) is 23.7 Å². The van der Waals surface area contributed by atoms with Crippen LogP contribution in [0.5, 0.6) is 0 Å². The van der Waals surface area contributed by atoms with Crippen molar-refractivity contribution >= 4 is 17.5 Å². The lowest BCUT2D eigenvalue weighted by Gasteiger charge is -2.21. The van der Waals surface area contributed by atoms with Gasteiger partial charge >= 0.3 is 0 Å². The maximum atomic E-state index is 12.6. The van der Waals surface area contributed by atoms with Gasteiger partial charge in [0.1, 0.15) is 5.69 Å². The number of aromatic amines is 1. The Kier molecular flexibility index (Phi) is 2.96. The predicted octanol–water partition coefficient (Wildman–Crippen LogP) is 1.14. The van der Waals surface area contributed by atoms with Crippen LogP contribution < -0.4 is 4.90 Å². The van der Waals surface area contributed by atoms with Crippen LogP contribution in [0.3, 0.4) is 0 Å². The fourth-order valence-corrected chi connectivity index (χ4v) is 3.41. The van der Waals surface area contributed by atoms with E-state index >= 15 is 0 Å². The number of benzene rings is 1. The van der Waals surface area contributed by atoms with E-state index in [0.717, 1.165) is 5.69 Å². The lowest BCUT2D eigenvalue weighted by atomic mass is 10.0. The fourth-order valence-electron chi connectivity index (χ4n) is 3.41. The van der Waals surface area contributed by atoms with Gasteiger partial charge in [0.2, 0.25) is 5.91 Å². The molecule has 2 saturated heterocycles. The molecule has 2 amide bonds. The first kappa shape index (κ1) is 13.1. The maximum Gasteiger partial charge on any atom is 0.271 e. The third-order valence-electron chi connectivity index (χ3n) is 4.53. The third kappa shape index (κ3) is 1.99. The van der Waals surface area contributed by atoms with E-state index < -0.39 is 0 Å². The molecule has 2 atom stereocenters. The van der Waals surface area contributed by atoms with E-state index in [1.807, 2.05) is 35.2 Å². The van der Waals surface area contributed by atoms with Crippen LogP contribution in [0.25, 0.3) is 0 Å². The molecule has 1 aromatic carbocycles. The molecule has 2 fully saturated rings. The van der Waals surface area contributed by atoms with E-state index in [4.69, 9.17) is 0 Å². The number of para-hydroxylation sites is 1. The van der Waals surface area contributed by atoms with Crippen LogP contribution in [0.2, 0.25) is 0 Å². The van der Waals surface area contributed by atoms with Crippen molar-refractivity contribution in [2.45, 2.75) is 0 Å². The summed E-state index contributed by atoms with van der Waals surface area (Å²) in [5, 5.41) is 6.49. The molecule has 2 aromatic rings. The molecule has 22 heavy (non-hydrogen) atoms. The second-order valence-electron chi connectivity index (χ2n) is 5.83. The summed E-state index contributed by atoms with van der Waals surface area (Å²) < 4.78 is 0. The summed E-state index contributed by atoms with van der Waals surface area (Å²) in [6.07, 6.45) is 1.56. The zero-order chi connectivity index (χ0) is 15.1. The highest BCUT2D eigenvalue weighted by Crippen LogP contribution is 2.35. The highest BCUT2D eigenvalue weighted by Gasteiger charge is 2.47. The van der Waals surface area contributed by atoms with Crippen LogP contribution in [0.1, 0.15) is 10.5 Å². The predicted molar refractivity (Wildman–Crippen MR) is 80.3 cm³/mol. The molecule has 6 nitrogen and oxygen atoms in total. The number of anilines is 1. The zero-order valence-electron chi connectivity index (χ0n) is 12.0. The Labute approximate surface area is 127 Å². The van der Waals surface area contributed by atoms with Crippen molar-refractivity contribution in [1.29, 1.82) is 0 Å². The van der Waals surface area contributed by atoms with Gasteiger partial charge in [-0.1, -0.05) is 18.2 Å². The van der Waals surface area contributed by atoms with E-state index in [9.17, 15) is 9.59 Å². The molecule has 0 bridgehead atoms. The Morgan fingerprint density at radius 3 is 2.64 bits per heavy atom. The first-order chi connectivity index (χ1) is 10.7. The number of H-pyrrole nitrogens is 1. The standard InChI is InChI=1S/C16H16N4O2/c21-15-13-10-19(16(22)14-6-7-17-18-14)8-11(13)9-20(15)12-4-2-1-3-5-12/h1-7,11,13H,8-10H2,(H,17,18)/t11-,13-/m1/s1. The summed E-state index contributed by atoms with van der Waals surface area (Å²) in [6, 6.07) is 11.4. The molecule has 0 spiro atoms. The number of fused-ring (bicyclic) bond motifs is 1. The molecule has 1 aromatic heterocycles. The van der Waals surface area contributed by atoms with E-state index in [1.165, 1.54) is 0 Å². The molecule has 6 heteroatoms. The van der Waals surface area contributed by atoms with Gasteiger partial charge in [-0.05, 0) is 18.2 Å². The summed E-state index contributed by atoms with van der Waals surface area (Å²) in [7, 11) is 0. The average molecular weight is 296 g/mol. The van der Waals surface area contributed by atoms with Crippen molar-refractivity contribution in [3.63, 3.8) is 0 Å². The Hall–Kier alpha value is -2.63. The minimum absolute atomic E-state index is 0.0778. The SMILES string of the molecule is O=C(c1ccn[nH]1)N1C[C@@H]2CN(c3ccccc3)C(=O)[C@@H]2C1. The van der Waals surface area contributed by atoms with Crippen LogP contribution in [-0.2, 0) is 4.79 Å². The van der Waals surface area contributed by atoms with E-state index in [0.29, 0.717) is 25.3 Å². The molecule has 0 saturated carbocycles. The smallest absolute Gasteiger partial charge is 0.271 e. The number of hydrogen-bond acceptors (Lipinski definition) is 3. The number of carbonyl (C=O) groups excluding carboxylic acids is 2. The van der Waals surface area contributed by atoms with Crippen LogP contribution in [0.15, 0.2) is 42.6 Å². The monoisotopic (exact) mass is 296 g/mol. The zero-order valence-corrected chi connectivity index (χ0v) is 12.0. The number of carbonyl (C=O) groups is 2. The van der Waals surface area contributed by atoms with Crippen LogP contribution >= 0.6 is 0 Å². The van der Waals surface area contributed by atoms with Crippen LogP contribution in [0, 0.1) is 11.8 Å². The summed E-state index contributed by atoms with van der Waals surface area (Å²) in [5.41, 5.74) is 1.42. The molecule has 1 N–H and O–H groups in total. The van der Waals surface area contributed by atoms with Crippen molar-refractivity contribution < 1.29 is 9.59 Å². The minimum atomic E-state index is -0.0907. The van der Waals surface area contributed by atoms with Gasteiger partial charge in [0.25, 0.3) is 5.91 Å². The maximum absolute atomic E-state index is 12.6. The number of aromatic nitrogens is 2. The number of likely N-dealkylation sites (tertiary alicyclic amines) is 1. The van der Waals surface area contributed by atoms with Crippen molar-refractivity contribution in [2.24, 2.45) is 11.8 Å². The molecule has 112 valence electrons. The first-order valence-electron chi connectivity index (χ1n) is 7.39. The largest absolute Gasteiger partial charge is 0.336 e. The lowest BCUT2D eigenvalue weighted by molar-refractivity contribution is -0.120. The minimum Gasteiger partial charge on any atom is -0.336 e. The molecule has 0 radical (unpaired) electrons. The van der Waals surface area contributed by atoms with Gasteiger partial charge in [-0.15, -0.1) is 0 Å². The van der Waals surface area contributed by atoms with Crippen LogP contribution in [-0.4, -0.2) is 46.5 Å². The molecule has 2 aliphatic rings. The summed E-state index contributed by atoms with van der Waals surface area (Å²) in [4.78, 5) is 28.5. The molecular weight excluding hydrogens is 280 g/mol. The number of amides is 2. The molecule has 0 aliphatic carbocycles. The second-order valence-corrected chi connectivity index (χ2v) is 5.83. The van der Waals surface area contributed by atoms with E-state index in [1.54, 1.807) is 17.2 Å². The van der Waals surface area contributed by atoms with Gasteiger partial charge in [0.05, 0.1) is 5.92 Å².